The Morgan fingerprint density at radius 2 is 2.00 bits per heavy atom. The fraction of sp³-hybridized carbons (Fsp3) is 0.111. The third-order valence-corrected chi connectivity index (χ3v) is 2.33. The van der Waals surface area contributed by atoms with E-state index >= 15 is 0 Å². The quantitative estimate of drug-likeness (QED) is 0.627. The van der Waals surface area contributed by atoms with Gasteiger partial charge in [-0.15, -0.1) is 0 Å². The smallest absolute Gasteiger partial charge is 0.131 e. The van der Waals surface area contributed by atoms with Crippen LogP contribution in [0.1, 0.15) is 5.56 Å². The van der Waals surface area contributed by atoms with E-state index in [0.29, 0.717) is 10.2 Å². The van der Waals surface area contributed by atoms with Crippen molar-refractivity contribution in [3.63, 3.8) is 0 Å². The molecule has 2 aromatic rings. The summed E-state index contributed by atoms with van der Waals surface area (Å²) in [5.74, 6) is 0. The van der Waals surface area contributed by atoms with Crippen molar-refractivity contribution in [2.45, 2.75) is 6.92 Å². The predicted molar refractivity (Wildman–Crippen MR) is 54.3 cm³/mol. The normalized spacial score (nSPS) is 10.7. The summed E-state index contributed by atoms with van der Waals surface area (Å²) >= 11 is 11.7. The molecule has 4 heteroatoms. The van der Waals surface area contributed by atoms with E-state index in [2.05, 4.69) is 9.97 Å². The van der Waals surface area contributed by atoms with Gasteiger partial charge in [-0.3, -0.25) is 4.98 Å². The molecular formula is C9H6Cl2N2. The number of rotatable bonds is 0. The van der Waals surface area contributed by atoms with Crippen molar-refractivity contribution in [2.24, 2.45) is 0 Å². The predicted octanol–water partition coefficient (Wildman–Crippen LogP) is 3.25. The molecular weight excluding hydrogens is 207 g/mol. The first-order chi connectivity index (χ1) is 6.18. The summed E-state index contributed by atoms with van der Waals surface area (Å²) in [5, 5.41) is 1.84. The molecule has 0 saturated heterocycles. The minimum atomic E-state index is 0.409. The molecule has 2 heterocycles. The Balaban J connectivity index is 2.94. The molecule has 0 aromatic carbocycles. The van der Waals surface area contributed by atoms with Gasteiger partial charge in [0.05, 0.1) is 10.5 Å². The summed E-state index contributed by atoms with van der Waals surface area (Å²) in [5.41, 5.74) is 1.79. The summed E-state index contributed by atoms with van der Waals surface area (Å²) in [4.78, 5) is 8.21. The Hall–Kier alpha value is -0.860. The van der Waals surface area contributed by atoms with Gasteiger partial charge in [0.15, 0.2) is 0 Å². The molecule has 0 aliphatic heterocycles. The van der Waals surface area contributed by atoms with Crippen molar-refractivity contribution in [3.8, 4) is 0 Å². The van der Waals surface area contributed by atoms with Gasteiger partial charge in [-0.1, -0.05) is 23.2 Å². The molecule has 2 nitrogen and oxygen atoms in total. The lowest BCUT2D eigenvalue weighted by molar-refractivity contribution is 1.27. The Morgan fingerprint density at radius 3 is 2.77 bits per heavy atom. The topological polar surface area (TPSA) is 25.8 Å². The van der Waals surface area contributed by atoms with E-state index in [1.165, 1.54) is 0 Å². The molecule has 0 spiro atoms. The van der Waals surface area contributed by atoms with Crippen molar-refractivity contribution in [1.29, 1.82) is 0 Å². The zero-order valence-electron chi connectivity index (χ0n) is 6.88. The summed E-state index contributed by atoms with van der Waals surface area (Å²) in [6, 6.07) is 1.62. The first-order valence-corrected chi connectivity index (χ1v) is 4.50. The molecule has 0 unspecified atom stereocenters. The highest BCUT2D eigenvalue weighted by Gasteiger charge is 2.04. The second-order valence-corrected chi connectivity index (χ2v) is 3.57. The molecule has 0 radical (unpaired) electrons. The van der Waals surface area contributed by atoms with Crippen LogP contribution in [0, 0.1) is 6.92 Å². The van der Waals surface area contributed by atoms with Crippen molar-refractivity contribution in [1.82, 2.24) is 9.97 Å². The SMILES string of the molecule is Cc1cncc2c(Cl)cc(Cl)nc12. The highest BCUT2D eigenvalue weighted by Crippen LogP contribution is 2.25. The highest BCUT2D eigenvalue weighted by atomic mass is 35.5. The minimum absolute atomic E-state index is 0.409. The number of fused-ring (bicyclic) bond motifs is 1. The van der Waals surface area contributed by atoms with Gasteiger partial charge in [-0.05, 0) is 18.6 Å². The van der Waals surface area contributed by atoms with Crippen molar-refractivity contribution >= 4 is 34.1 Å². The number of pyridine rings is 2. The van der Waals surface area contributed by atoms with Gasteiger partial charge >= 0.3 is 0 Å². The van der Waals surface area contributed by atoms with Gasteiger partial charge in [-0.25, -0.2) is 4.98 Å². The van der Waals surface area contributed by atoms with Crippen LogP contribution < -0.4 is 0 Å². The van der Waals surface area contributed by atoms with Crippen molar-refractivity contribution in [2.75, 3.05) is 0 Å². The standard InChI is InChI=1S/C9H6Cl2N2/c1-5-3-12-4-6-7(10)2-8(11)13-9(5)6/h2-4H,1H3. The molecule has 0 N–H and O–H groups in total. The van der Waals surface area contributed by atoms with Gasteiger partial charge in [-0.2, -0.15) is 0 Å². The average Bonchev–Trinajstić information content (AvgIpc) is 2.07. The second kappa shape index (κ2) is 3.13. The van der Waals surface area contributed by atoms with E-state index in [9.17, 15) is 0 Å². The summed E-state index contributed by atoms with van der Waals surface area (Å²) in [6.45, 7) is 1.93. The zero-order chi connectivity index (χ0) is 9.42. The first-order valence-electron chi connectivity index (χ1n) is 3.75. The lowest BCUT2D eigenvalue weighted by Crippen LogP contribution is -1.86. The molecule has 0 aliphatic carbocycles. The summed E-state index contributed by atoms with van der Waals surface area (Å²) in [7, 11) is 0. The minimum Gasteiger partial charge on any atom is -0.264 e. The molecule has 0 bridgehead atoms. The maximum atomic E-state index is 5.97. The summed E-state index contributed by atoms with van der Waals surface area (Å²) in [6.07, 6.45) is 3.43. The fourth-order valence-corrected chi connectivity index (χ4v) is 1.69. The van der Waals surface area contributed by atoms with Gasteiger partial charge < -0.3 is 0 Å². The highest BCUT2D eigenvalue weighted by molar-refractivity contribution is 6.37. The van der Waals surface area contributed by atoms with Gasteiger partial charge in [0, 0.05) is 17.8 Å². The van der Waals surface area contributed by atoms with Crippen LogP contribution in [0.2, 0.25) is 10.2 Å². The van der Waals surface area contributed by atoms with Crippen LogP contribution in [-0.4, -0.2) is 9.97 Å². The third kappa shape index (κ3) is 1.47. The van der Waals surface area contributed by atoms with Crippen LogP contribution in [0.5, 0.6) is 0 Å². The number of halogens is 2. The Kier molecular flexibility index (Phi) is 2.10. The molecule has 2 rings (SSSR count). The molecule has 13 heavy (non-hydrogen) atoms. The maximum absolute atomic E-state index is 5.97. The Bertz CT molecular complexity index is 468. The van der Waals surface area contributed by atoms with E-state index in [1.807, 2.05) is 6.92 Å². The summed E-state index contributed by atoms with van der Waals surface area (Å²) < 4.78 is 0. The van der Waals surface area contributed by atoms with E-state index in [1.54, 1.807) is 18.5 Å². The van der Waals surface area contributed by atoms with Crippen LogP contribution in [0.3, 0.4) is 0 Å². The first kappa shape index (κ1) is 8.73. The fourth-order valence-electron chi connectivity index (χ4n) is 1.20. The molecule has 0 atom stereocenters. The number of aromatic nitrogens is 2. The van der Waals surface area contributed by atoms with Crippen LogP contribution in [0.4, 0.5) is 0 Å². The third-order valence-electron chi connectivity index (χ3n) is 1.82. The van der Waals surface area contributed by atoms with Gasteiger partial charge in [0.25, 0.3) is 0 Å². The van der Waals surface area contributed by atoms with E-state index in [-0.39, 0.29) is 0 Å². The molecule has 2 aromatic heterocycles. The van der Waals surface area contributed by atoms with E-state index in [0.717, 1.165) is 16.5 Å². The van der Waals surface area contributed by atoms with Crippen molar-refractivity contribution < 1.29 is 0 Å². The average molecular weight is 213 g/mol. The zero-order valence-corrected chi connectivity index (χ0v) is 8.39. The van der Waals surface area contributed by atoms with Crippen LogP contribution in [0.15, 0.2) is 18.5 Å². The lowest BCUT2D eigenvalue weighted by Gasteiger charge is -2.02. The second-order valence-electron chi connectivity index (χ2n) is 2.78. The number of hydrogen-bond acceptors (Lipinski definition) is 2. The molecule has 0 aliphatic rings. The van der Waals surface area contributed by atoms with Crippen molar-refractivity contribution in [3.05, 3.63) is 34.2 Å². The maximum Gasteiger partial charge on any atom is 0.131 e. The number of aryl methyl sites for hydroxylation is 1. The van der Waals surface area contributed by atoms with Crippen LogP contribution in [0.25, 0.3) is 10.9 Å². The largest absolute Gasteiger partial charge is 0.264 e. The molecule has 66 valence electrons. The Morgan fingerprint density at radius 1 is 1.23 bits per heavy atom. The monoisotopic (exact) mass is 212 g/mol. The van der Waals surface area contributed by atoms with E-state index in [4.69, 9.17) is 23.2 Å². The Labute approximate surface area is 85.5 Å². The van der Waals surface area contributed by atoms with Crippen LogP contribution >= 0.6 is 23.2 Å². The molecule has 0 amide bonds. The van der Waals surface area contributed by atoms with Crippen LogP contribution in [-0.2, 0) is 0 Å². The van der Waals surface area contributed by atoms with E-state index < -0.39 is 0 Å². The molecule has 0 fully saturated rings. The van der Waals surface area contributed by atoms with Gasteiger partial charge in [0.2, 0.25) is 0 Å². The van der Waals surface area contributed by atoms with Gasteiger partial charge in [0.1, 0.15) is 5.15 Å². The number of nitrogens with zero attached hydrogens (tertiary/aromatic N) is 2. The molecule has 0 saturated carbocycles. The lowest BCUT2D eigenvalue weighted by atomic mass is 10.2. The number of hydrogen-bond donors (Lipinski definition) is 0.